The van der Waals surface area contributed by atoms with Crippen molar-refractivity contribution in [2.75, 3.05) is 36.4 Å². The highest BCUT2D eigenvalue weighted by Crippen LogP contribution is 2.38. The van der Waals surface area contributed by atoms with E-state index in [0.29, 0.717) is 37.3 Å². The lowest BCUT2D eigenvalue weighted by atomic mass is 10.1. The van der Waals surface area contributed by atoms with E-state index < -0.39 is 17.3 Å². The molecule has 0 saturated carbocycles. The van der Waals surface area contributed by atoms with Gasteiger partial charge in [-0.3, -0.25) is 4.98 Å². The zero-order valence-electron chi connectivity index (χ0n) is 19.6. The second kappa shape index (κ2) is 9.45. The lowest BCUT2D eigenvalue weighted by molar-refractivity contribution is -0.137. The highest BCUT2D eigenvalue weighted by Gasteiger charge is 2.33. The van der Waals surface area contributed by atoms with E-state index in [2.05, 4.69) is 15.2 Å². The molecule has 0 bridgehead atoms. The number of pyridine rings is 1. The summed E-state index contributed by atoms with van der Waals surface area (Å²) in [6.07, 6.45) is -3.40. The van der Waals surface area contributed by atoms with E-state index >= 15 is 0 Å². The average molecular weight is 507 g/mol. The van der Waals surface area contributed by atoms with Crippen molar-refractivity contribution in [2.45, 2.75) is 32.5 Å². The Labute approximate surface area is 206 Å². The first-order valence-corrected chi connectivity index (χ1v) is 11.5. The zero-order valence-corrected chi connectivity index (χ0v) is 20.4. The van der Waals surface area contributed by atoms with Crippen LogP contribution in [0.25, 0.3) is 10.9 Å². The van der Waals surface area contributed by atoms with Crippen LogP contribution in [0, 0.1) is 0 Å². The summed E-state index contributed by atoms with van der Waals surface area (Å²) in [5.41, 5.74) is 1.15. The molecule has 1 aliphatic rings. The van der Waals surface area contributed by atoms with Gasteiger partial charge in [0.25, 0.3) is 0 Å². The second-order valence-electron chi connectivity index (χ2n) is 9.33. The third-order valence-electron chi connectivity index (χ3n) is 5.58. The van der Waals surface area contributed by atoms with Crippen LogP contribution in [0.1, 0.15) is 26.3 Å². The number of halogens is 4. The van der Waals surface area contributed by atoms with Crippen LogP contribution in [0.15, 0.2) is 48.7 Å². The summed E-state index contributed by atoms with van der Waals surface area (Å²) < 4.78 is 45.0. The highest BCUT2D eigenvalue weighted by molar-refractivity contribution is 6.32. The molecule has 1 fully saturated rings. The van der Waals surface area contributed by atoms with Crippen LogP contribution in [0.5, 0.6) is 0 Å². The van der Waals surface area contributed by atoms with Crippen molar-refractivity contribution in [3.8, 4) is 0 Å². The van der Waals surface area contributed by atoms with Crippen LogP contribution < -0.4 is 10.2 Å². The third kappa shape index (κ3) is 5.90. The first-order chi connectivity index (χ1) is 16.4. The predicted octanol–water partition coefficient (Wildman–Crippen LogP) is 6.71. The van der Waals surface area contributed by atoms with E-state index in [1.54, 1.807) is 11.0 Å². The molecule has 1 aromatic heterocycles. The van der Waals surface area contributed by atoms with Gasteiger partial charge in [-0.2, -0.15) is 13.2 Å². The number of fused-ring (bicyclic) bond motifs is 1. The average Bonchev–Trinajstić information content (AvgIpc) is 2.78. The van der Waals surface area contributed by atoms with Crippen molar-refractivity contribution < 1.29 is 22.7 Å². The number of nitrogens with one attached hydrogen (secondary N) is 1. The van der Waals surface area contributed by atoms with Crippen molar-refractivity contribution in [1.82, 2.24) is 9.88 Å². The number of amides is 1. The predicted molar refractivity (Wildman–Crippen MR) is 131 cm³/mol. The van der Waals surface area contributed by atoms with Crippen LogP contribution in [-0.2, 0) is 10.9 Å². The zero-order chi connectivity index (χ0) is 25.4. The molecule has 6 nitrogen and oxygen atoms in total. The van der Waals surface area contributed by atoms with E-state index in [1.807, 2.05) is 45.0 Å². The molecule has 35 heavy (non-hydrogen) atoms. The minimum Gasteiger partial charge on any atom is -0.444 e. The van der Waals surface area contributed by atoms with Gasteiger partial charge in [0.2, 0.25) is 0 Å². The summed E-state index contributed by atoms with van der Waals surface area (Å²) in [5.74, 6) is 0. The molecule has 1 saturated heterocycles. The molecule has 0 aliphatic carbocycles. The van der Waals surface area contributed by atoms with Gasteiger partial charge in [-0.1, -0.05) is 11.6 Å². The Hall–Kier alpha value is -3.20. The molecule has 0 radical (unpaired) electrons. The topological polar surface area (TPSA) is 57.7 Å². The van der Waals surface area contributed by atoms with E-state index in [1.165, 1.54) is 12.3 Å². The van der Waals surface area contributed by atoms with E-state index in [-0.39, 0.29) is 16.6 Å². The summed E-state index contributed by atoms with van der Waals surface area (Å²) in [5, 5.41) is 3.36. The smallest absolute Gasteiger partial charge is 0.417 e. The largest absolute Gasteiger partial charge is 0.444 e. The number of rotatable bonds is 3. The molecule has 186 valence electrons. The van der Waals surface area contributed by atoms with Gasteiger partial charge in [0.1, 0.15) is 5.60 Å². The quantitative estimate of drug-likeness (QED) is 0.428. The number of alkyl halides is 3. The first-order valence-electron chi connectivity index (χ1n) is 11.2. The Bertz CT molecular complexity index is 1220. The van der Waals surface area contributed by atoms with Gasteiger partial charge in [0, 0.05) is 54.8 Å². The third-order valence-corrected chi connectivity index (χ3v) is 5.89. The maximum absolute atomic E-state index is 13.2. The van der Waals surface area contributed by atoms with Crippen molar-refractivity contribution in [3.05, 3.63) is 59.2 Å². The summed E-state index contributed by atoms with van der Waals surface area (Å²) in [4.78, 5) is 20.2. The van der Waals surface area contributed by atoms with Gasteiger partial charge >= 0.3 is 12.3 Å². The standard InChI is InChI=1S/C25H26ClF3N4O2/c1-24(2,3)35-23(34)33-12-10-32(11-13-33)17-6-4-16(5-7-17)31-21-8-9-30-22-15-19(25(27,28)29)20(26)14-18(21)22/h4-9,14-15H,10-13H2,1-3H3,(H,30,31). The molecule has 2 aromatic carbocycles. The molecule has 3 aromatic rings. The fourth-order valence-electron chi connectivity index (χ4n) is 3.88. The van der Waals surface area contributed by atoms with E-state index in [9.17, 15) is 18.0 Å². The molecule has 1 aliphatic heterocycles. The van der Waals surface area contributed by atoms with Crippen LogP contribution in [0.2, 0.25) is 5.02 Å². The lowest BCUT2D eigenvalue weighted by Gasteiger charge is -2.36. The second-order valence-corrected chi connectivity index (χ2v) is 9.74. The Morgan fingerprint density at radius 3 is 2.29 bits per heavy atom. The molecule has 0 spiro atoms. The van der Waals surface area contributed by atoms with Gasteiger partial charge in [-0.15, -0.1) is 0 Å². The lowest BCUT2D eigenvalue weighted by Crippen LogP contribution is -2.50. The van der Waals surface area contributed by atoms with Gasteiger partial charge in [-0.25, -0.2) is 4.79 Å². The van der Waals surface area contributed by atoms with Crippen molar-refractivity contribution >= 4 is 45.7 Å². The Morgan fingerprint density at radius 2 is 1.69 bits per heavy atom. The fourth-order valence-corrected chi connectivity index (χ4v) is 4.15. The summed E-state index contributed by atoms with van der Waals surface area (Å²) in [6.45, 7) is 8.04. The number of aromatic nitrogens is 1. The van der Waals surface area contributed by atoms with Crippen molar-refractivity contribution in [2.24, 2.45) is 0 Å². The number of nitrogens with zero attached hydrogens (tertiary/aromatic N) is 3. The van der Waals surface area contributed by atoms with Crippen LogP contribution in [0.3, 0.4) is 0 Å². The monoisotopic (exact) mass is 506 g/mol. The van der Waals surface area contributed by atoms with Crippen molar-refractivity contribution in [1.29, 1.82) is 0 Å². The van der Waals surface area contributed by atoms with Crippen LogP contribution in [0.4, 0.5) is 35.0 Å². The van der Waals surface area contributed by atoms with Gasteiger partial charge in [0.15, 0.2) is 0 Å². The molecular weight excluding hydrogens is 481 g/mol. The Morgan fingerprint density at radius 1 is 1.03 bits per heavy atom. The number of ether oxygens (including phenoxy) is 1. The number of piperazine rings is 1. The molecule has 10 heteroatoms. The minimum atomic E-state index is -4.55. The summed E-state index contributed by atoms with van der Waals surface area (Å²) in [7, 11) is 0. The summed E-state index contributed by atoms with van der Waals surface area (Å²) in [6, 6.07) is 11.7. The SMILES string of the molecule is CC(C)(C)OC(=O)N1CCN(c2ccc(Nc3ccnc4cc(C(F)(F)F)c(Cl)cc34)cc2)CC1. The number of carbonyl (C=O) groups is 1. The van der Waals surface area contributed by atoms with Gasteiger partial charge in [0.05, 0.1) is 16.1 Å². The van der Waals surface area contributed by atoms with Crippen LogP contribution in [-0.4, -0.2) is 47.8 Å². The molecule has 0 unspecified atom stereocenters. The first kappa shape index (κ1) is 24.9. The maximum atomic E-state index is 13.2. The van der Waals surface area contributed by atoms with Crippen LogP contribution >= 0.6 is 11.6 Å². The fraction of sp³-hybridized carbons (Fsp3) is 0.360. The van der Waals surface area contributed by atoms with E-state index in [0.717, 1.165) is 17.4 Å². The molecule has 1 amide bonds. The number of carbonyl (C=O) groups excluding carboxylic acids is 1. The molecule has 2 heterocycles. The highest BCUT2D eigenvalue weighted by atomic mass is 35.5. The minimum absolute atomic E-state index is 0.200. The number of benzene rings is 2. The number of anilines is 3. The normalized spacial score (nSPS) is 14.8. The number of hydrogen-bond acceptors (Lipinski definition) is 5. The van der Waals surface area contributed by atoms with Gasteiger partial charge < -0.3 is 19.9 Å². The van der Waals surface area contributed by atoms with E-state index in [4.69, 9.17) is 16.3 Å². The Kier molecular flexibility index (Phi) is 6.73. The summed E-state index contributed by atoms with van der Waals surface area (Å²) >= 11 is 5.92. The molecule has 1 N–H and O–H groups in total. The Balaban J connectivity index is 1.44. The maximum Gasteiger partial charge on any atom is 0.417 e. The number of hydrogen-bond donors (Lipinski definition) is 1. The molecule has 0 atom stereocenters. The molecular formula is C25H26ClF3N4O2. The van der Waals surface area contributed by atoms with Gasteiger partial charge in [-0.05, 0) is 63.2 Å². The molecule has 4 rings (SSSR count). The van der Waals surface area contributed by atoms with Crippen molar-refractivity contribution in [3.63, 3.8) is 0 Å².